The molecule has 0 saturated heterocycles. The molecule has 0 amide bonds. The van der Waals surface area contributed by atoms with Crippen LogP contribution in [0.1, 0.15) is 71.4 Å². The van der Waals surface area contributed by atoms with Gasteiger partial charge in [-0.2, -0.15) is 0 Å². The summed E-state index contributed by atoms with van der Waals surface area (Å²) in [5, 5.41) is 13.4. The van der Waals surface area contributed by atoms with E-state index in [9.17, 15) is 14.3 Å². The molecule has 4 nitrogen and oxygen atoms in total. The van der Waals surface area contributed by atoms with Crippen LogP contribution in [-0.4, -0.2) is 21.7 Å². The zero-order valence-corrected chi connectivity index (χ0v) is 16.2. The Bertz CT molecular complexity index is 805. The minimum absolute atomic E-state index is 0.274. The molecule has 5 heteroatoms. The number of halogens is 1. The van der Waals surface area contributed by atoms with E-state index in [0.717, 1.165) is 35.4 Å². The van der Waals surface area contributed by atoms with Crippen molar-refractivity contribution in [1.82, 2.24) is 9.88 Å². The number of hydrogen-bond acceptors (Lipinski definition) is 2. The second-order valence-electron chi connectivity index (χ2n) is 7.61. The molecule has 1 aliphatic rings. The maximum Gasteiger partial charge on any atom is 0.337 e. The number of nitrogens with zero attached hydrogens (tertiary/aromatic N) is 1. The van der Waals surface area contributed by atoms with Crippen LogP contribution in [0.2, 0.25) is 0 Å². The largest absolute Gasteiger partial charge is 0.478 e. The summed E-state index contributed by atoms with van der Waals surface area (Å²) in [6.45, 7) is 4.84. The number of carbonyl (C=O) groups is 1. The fourth-order valence-corrected chi connectivity index (χ4v) is 4.23. The molecular formula is C22H29FN2O2. The number of nitrogens with one attached hydrogen (secondary N) is 1. The smallest absolute Gasteiger partial charge is 0.337 e. The third-order valence-corrected chi connectivity index (χ3v) is 5.78. The Balaban J connectivity index is 1.85. The molecule has 0 radical (unpaired) electrons. The summed E-state index contributed by atoms with van der Waals surface area (Å²) in [5.41, 5.74) is 3.72. The minimum atomic E-state index is -0.897. The molecule has 1 heterocycles. The van der Waals surface area contributed by atoms with Crippen molar-refractivity contribution in [3.63, 3.8) is 0 Å². The number of carboxylic acids is 1. The van der Waals surface area contributed by atoms with Crippen LogP contribution in [0.15, 0.2) is 24.3 Å². The maximum absolute atomic E-state index is 13.5. The first-order chi connectivity index (χ1) is 13.0. The van der Waals surface area contributed by atoms with E-state index in [4.69, 9.17) is 0 Å². The minimum Gasteiger partial charge on any atom is -0.478 e. The maximum atomic E-state index is 13.5. The molecule has 0 bridgehead atoms. The monoisotopic (exact) mass is 372 g/mol. The molecule has 0 aliphatic heterocycles. The molecule has 1 aromatic heterocycles. The van der Waals surface area contributed by atoms with Gasteiger partial charge in [-0.1, -0.05) is 37.8 Å². The summed E-state index contributed by atoms with van der Waals surface area (Å²) < 4.78 is 15.5. The predicted molar refractivity (Wildman–Crippen MR) is 105 cm³/mol. The molecule has 1 fully saturated rings. The van der Waals surface area contributed by atoms with Gasteiger partial charge in [-0.3, -0.25) is 0 Å². The highest BCUT2D eigenvalue weighted by Crippen LogP contribution is 2.25. The summed E-state index contributed by atoms with van der Waals surface area (Å²) in [6, 6.07) is 6.93. The summed E-state index contributed by atoms with van der Waals surface area (Å²) in [7, 11) is 0. The van der Waals surface area contributed by atoms with Gasteiger partial charge in [0.15, 0.2) is 0 Å². The first kappa shape index (κ1) is 19.6. The second-order valence-corrected chi connectivity index (χ2v) is 7.61. The van der Waals surface area contributed by atoms with Crippen molar-refractivity contribution in [3.05, 3.63) is 58.2 Å². The molecule has 1 aliphatic carbocycles. The zero-order chi connectivity index (χ0) is 19.4. The standard InChI is InChI=1S/C22H29FN2O2/c1-15-20(13-24-19-10-5-3-4-6-11-19)21(22(26)27)16(2)25(15)14-17-8-7-9-18(23)12-17/h7-9,12,19,24H,3-6,10-11,13-14H2,1-2H3,(H,26,27). The molecule has 0 atom stereocenters. The van der Waals surface area contributed by atoms with E-state index < -0.39 is 5.97 Å². The van der Waals surface area contributed by atoms with Crippen LogP contribution in [0.4, 0.5) is 4.39 Å². The van der Waals surface area contributed by atoms with Crippen molar-refractivity contribution in [2.45, 2.75) is 71.5 Å². The van der Waals surface area contributed by atoms with Crippen molar-refractivity contribution in [2.75, 3.05) is 0 Å². The highest BCUT2D eigenvalue weighted by molar-refractivity contribution is 5.91. The van der Waals surface area contributed by atoms with E-state index in [1.807, 2.05) is 24.5 Å². The van der Waals surface area contributed by atoms with E-state index in [-0.39, 0.29) is 5.82 Å². The molecule has 27 heavy (non-hydrogen) atoms. The van der Waals surface area contributed by atoms with Gasteiger partial charge >= 0.3 is 5.97 Å². The lowest BCUT2D eigenvalue weighted by molar-refractivity contribution is 0.0694. The van der Waals surface area contributed by atoms with Crippen LogP contribution < -0.4 is 5.32 Å². The lowest BCUT2D eigenvalue weighted by atomic mass is 10.1. The predicted octanol–water partition coefficient (Wildman–Crippen LogP) is 4.80. The van der Waals surface area contributed by atoms with Gasteiger partial charge in [0, 0.05) is 36.1 Å². The molecule has 2 N–H and O–H groups in total. The summed E-state index contributed by atoms with van der Waals surface area (Å²) in [5.74, 6) is -1.17. The first-order valence-electron chi connectivity index (χ1n) is 9.87. The van der Waals surface area contributed by atoms with E-state index >= 15 is 0 Å². The number of aromatic carboxylic acids is 1. The molecular weight excluding hydrogens is 343 g/mol. The van der Waals surface area contributed by atoms with Gasteiger partial charge in [0.2, 0.25) is 0 Å². The summed E-state index contributed by atoms with van der Waals surface area (Å²) in [6.07, 6.45) is 7.38. The van der Waals surface area contributed by atoms with Gasteiger partial charge in [-0.25, -0.2) is 9.18 Å². The summed E-state index contributed by atoms with van der Waals surface area (Å²) >= 11 is 0. The summed E-state index contributed by atoms with van der Waals surface area (Å²) in [4.78, 5) is 11.9. The lowest BCUT2D eigenvalue weighted by Gasteiger charge is -2.17. The lowest BCUT2D eigenvalue weighted by Crippen LogP contribution is -2.28. The van der Waals surface area contributed by atoms with Gasteiger partial charge in [-0.15, -0.1) is 0 Å². The Kier molecular flexibility index (Phi) is 6.32. The Morgan fingerprint density at radius 2 is 1.89 bits per heavy atom. The van der Waals surface area contributed by atoms with Crippen LogP contribution in [0.25, 0.3) is 0 Å². The van der Waals surface area contributed by atoms with Gasteiger partial charge < -0.3 is 15.0 Å². The number of carboxylic acid groups (broad SMARTS) is 1. The molecule has 0 unspecified atom stereocenters. The Hall–Kier alpha value is -2.14. The average Bonchev–Trinajstić information content (AvgIpc) is 2.81. The highest BCUT2D eigenvalue weighted by Gasteiger charge is 2.23. The van der Waals surface area contributed by atoms with E-state index in [1.54, 1.807) is 6.07 Å². The Labute approximate surface area is 160 Å². The average molecular weight is 372 g/mol. The molecule has 2 aromatic rings. The van der Waals surface area contributed by atoms with E-state index in [2.05, 4.69) is 5.32 Å². The van der Waals surface area contributed by atoms with Gasteiger partial charge in [-0.05, 0) is 44.4 Å². The molecule has 146 valence electrons. The number of hydrogen-bond donors (Lipinski definition) is 2. The van der Waals surface area contributed by atoms with Crippen LogP contribution >= 0.6 is 0 Å². The highest BCUT2D eigenvalue weighted by atomic mass is 19.1. The van der Waals surface area contributed by atoms with Gasteiger partial charge in [0.25, 0.3) is 0 Å². The third-order valence-electron chi connectivity index (χ3n) is 5.78. The molecule has 1 saturated carbocycles. The van der Waals surface area contributed by atoms with Crippen LogP contribution in [0, 0.1) is 19.7 Å². The SMILES string of the molecule is Cc1c(CNC2CCCCCC2)c(C(=O)O)c(C)n1Cc1cccc(F)c1. The number of benzene rings is 1. The van der Waals surface area contributed by atoms with Crippen molar-refractivity contribution in [1.29, 1.82) is 0 Å². The van der Waals surface area contributed by atoms with Crippen molar-refractivity contribution < 1.29 is 14.3 Å². The second kappa shape index (κ2) is 8.70. The van der Waals surface area contributed by atoms with Crippen LogP contribution in [0.3, 0.4) is 0 Å². The fraction of sp³-hybridized carbons (Fsp3) is 0.500. The van der Waals surface area contributed by atoms with E-state index in [0.29, 0.717) is 24.7 Å². The number of rotatable bonds is 6. The first-order valence-corrected chi connectivity index (χ1v) is 9.87. The Morgan fingerprint density at radius 1 is 1.19 bits per heavy atom. The topological polar surface area (TPSA) is 54.3 Å². The van der Waals surface area contributed by atoms with E-state index in [1.165, 1.54) is 37.8 Å². The Morgan fingerprint density at radius 3 is 2.52 bits per heavy atom. The normalized spacial score (nSPS) is 15.7. The molecule has 3 rings (SSSR count). The number of aromatic nitrogens is 1. The third kappa shape index (κ3) is 4.59. The van der Waals surface area contributed by atoms with Crippen LogP contribution in [-0.2, 0) is 13.1 Å². The quantitative estimate of drug-likeness (QED) is 0.716. The van der Waals surface area contributed by atoms with Crippen LogP contribution in [0.5, 0.6) is 0 Å². The zero-order valence-electron chi connectivity index (χ0n) is 16.2. The molecule has 0 spiro atoms. The van der Waals surface area contributed by atoms with Crippen molar-refractivity contribution >= 4 is 5.97 Å². The van der Waals surface area contributed by atoms with Crippen molar-refractivity contribution in [3.8, 4) is 0 Å². The fourth-order valence-electron chi connectivity index (χ4n) is 4.23. The van der Waals surface area contributed by atoms with Crippen molar-refractivity contribution in [2.24, 2.45) is 0 Å². The van der Waals surface area contributed by atoms with Gasteiger partial charge in [0.05, 0.1) is 5.56 Å². The van der Waals surface area contributed by atoms with Gasteiger partial charge in [0.1, 0.15) is 5.82 Å². The molecule has 1 aromatic carbocycles.